The Hall–Kier alpha value is -1.16. The van der Waals surface area contributed by atoms with Gasteiger partial charge in [0.1, 0.15) is 6.61 Å². The fraction of sp³-hybridized carbons (Fsp3) is 0.611. The molecule has 0 aromatic heterocycles. The van der Waals surface area contributed by atoms with Gasteiger partial charge in [0.2, 0.25) is 0 Å². The van der Waals surface area contributed by atoms with Crippen LogP contribution in [-0.2, 0) is 11.3 Å². The van der Waals surface area contributed by atoms with Gasteiger partial charge in [0.05, 0.1) is 0 Å². The average Bonchev–Trinajstić information content (AvgIpc) is 2.98. The van der Waals surface area contributed by atoms with E-state index >= 15 is 0 Å². The molecule has 1 aliphatic heterocycles. The number of amides is 1. The number of carbonyl (C=O) groups is 1. The first-order valence-electron chi connectivity index (χ1n) is 8.27. The van der Waals surface area contributed by atoms with E-state index in [4.69, 9.17) is 4.74 Å². The summed E-state index contributed by atoms with van der Waals surface area (Å²) in [5, 5.41) is 0. The molecule has 0 N–H and O–H groups in total. The molecule has 22 heavy (non-hydrogen) atoms. The lowest BCUT2D eigenvalue weighted by atomic mass is 9.70. The van der Waals surface area contributed by atoms with E-state index in [0.717, 1.165) is 36.7 Å². The van der Waals surface area contributed by atoms with Gasteiger partial charge < -0.3 is 9.64 Å². The molecule has 1 heterocycles. The van der Waals surface area contributed by atoms with Crippen molar-refractivity contribution in [3.05, 3.63) is 35.9 Å². The van der Waals surface area contributed by atoms with Crippen molar-refractivity contribution in [2.75, 3.05) is 18.8 Å². The third-order valence-corrected chi connectivity index (χ3v) is 5.84. The minimum absolute atomic E-state index is 0.156. The molecular weight excluding hydrogens is 294 g/mol. The Labute approximate surface area is 138 Å². The largest absolute Gasteiger partial charge is 0.445 e. The summed E-state index contributed by atoms with van der Waals surface area (Å²) in [4.78, 5) is 14.2. The molecule has 1 spiro atoms. The highest BCUT2D eigenvalue weighted by molar-refractivity contribution is 7.80. The molecule has 3 rings (SSSR count). The second kappa shape index (κ2) is 6.95. The molecule has 1 saturated heterocycles. The van der Waals surface area contributed by atoms with Crippen LogP contribution < -0.4 is 0 Å². The maximum absolute atomic E-state index is 12.3. The molecule has 1 aliphatic carbocycles. The molecule has 3 nitrogen and oxygen atoms in total. The van der Waals surface area contributed by atoms with Crippen molar-refractivity contribution in [2.24, 2.45) is 11.3 Å². The Bertz CT molecular complexity index is 497. The van der Waals surface area contributed by atoms with Gasteiger partial charge >= 0.3 is 6.09 Å². The fourth-order valence-corrected chi connectivity index (χ4v) is 4.15. The van der Waals surface area contributed by atoms with E-state index in [0.29, 0.717) is 12.0 Å². The lowest BCUT2D eigenvalue weighted by Crippen LogP contribution is -2.35. The summed E-state index contributed by atoms with van der Waals surface area (Å²) in [5.41, 5.74) is 1.39. The molecule has 0 atom stereocenters. The summed E-state index contributed by atoms with van der Waals surface area (Å²) >= 11 is 4.42. The summed E-state index contributed by atoms with van der Waals surface area (Å²) in [6.45, 7) is 2.09. The average molecular weight is 319 g/mol. The Kier molecular flexibility index (Phi) is 4.97. The van der Waals surface area contributed by atoms with Crippen LogP contribution in [0.4, 0.5) is 4.79 Å². The SMILES string of the molecule is O=C(OCc1ccccc1)N1CCC2(CCC(CS)CC2)C1. The third-order valence-electron chi connectivity index (χ3n) is 5.33. The number of ether oxygens (including phenoxy) is 1. The van der Waals surface area contributed by atoms with Crippen LogP contribution in [0.2, 0.25) is 0 Å². The van der Waals surface area contributed by atoms with Gasteiger partial charge in [-0.15, -0.1) is 0 Å². The topological polar surface area (TPSA) is 29.5 Å². The summed E-state index contributed by atoms with van der Waals surface area (Å²) < 4.78 is 5.46. The van der Waals surface area contributed by atoms with E-state index in [1.165, 1.54) is 25.7 Å². The molecule has 1 amide bonds. The molecule has 2 fully saturated rings. The van der Waals surface area contributed by atoms with Crippen LogP contribution in [0.1, 0.15) is 37.7 Å². The predicted molar refractivity (Wildman–Crippen MR) is 91.1 cm³/mol. The first kappa shape index (κ1) is 15.7. The van der Waals surface area contributed by atoms with Crippen LogP contribution in [0.3, 0.4) is 0 Å². The molecule has 4 heteroatoms. The van der Waals surface area contributed by atoms with Gasteiger partial charge in [-0.2, -0.15) is 12.6 Å². The van der Waals surface area contributed by atoms with Gasteiger partial charge in [-0.1, -0.05) is 30.3 Å². The monoisotopic (exact) mass is 319 g/mol. The Morgan fingerprint density at radius 3 is 2.64 bits per heavy atom. The molecule has 0 bridgehead atoms. The van der Waals surface area contributed by atoms with Crippen molar-refractivity contribution in [1.29, 1.82) is 0 Å². The van der Waals surface area contributed by atoms with E-state index < -0.39 is 0 Å². The number of carbonyl (C=O) groups excluding carboxylic acids is 1. The van der Waals surface area contributed by atoms with Gasteiger partial charge in [-0.3, -0.25) is 0 Å². The number of hydrogen-bond acceptors (Lipinski definition) is 3. The molecule has 0 radical (unpaired) electrons. The normalized spacial score (nSPS) is 28.0. The molecular formula is C18H25NO2S. The van der Waals surface area contributed by atoms with Gasteiger partial charge in [-0.25, -0.2) is 4.79 Å². The number of likely N-dealkylation sites (tertiary alicyclic amines) is 1. The maximum Gasteiger partial charge on any atom is 0.410 e. The minimum Gasteiger partial charge on any atom is -0.445 e. The standard InChI is InChI=1S/C18H25NO2S/c20-17(21-12-15-4-2-1-3-5-15)19-11-10-18(14-19)8-6-16(13-22)7-9-18/h1-5,16,22H,6-14H2. The molecule has 1 aromatic rings. The third kappa shape index (κ3) is 3.60. The Balaban J connectivity index is 1.49. The number of rotatable bonds is 3. The minimum atomic E-state index is -0.156. The van der Waals surface area contributed by atoms with E-state index in [9.17, 15) is 4.79 Å². The van der Waals surface area contributed by atoms with Gasteiger partial charge in [-0.05, 0) is 54.8 Å². The van der Waals surface area contributed by atoms with Crippen molar-refractivity contribution in [3.8, 4) is 0 Å². The molecule has 2 aliphatic rings. The number of thiol groups is 1. The van der Waals surface area contributed by atoms with Gasteiger partial charge in [0, 0.05) is 13.1 Å². The van der Waals surface area contributed by atoms with Crippen LogP contribution in [0.5, 0.6) is 0 Å². The van der Waals surface area contributed by atoms with E-state index in [-0.39, 0.29) is 6.09 Å². The van der Waals surface area contributed by atoms with Crippen LogP contribution in [-0.4, -0.2) is 29.8 Å². The van der Waals surface area contributed by atoms with Crippen LogP contribution in [0.25, 0.3) is 0 Å². The Morgan fingerprint density at radius 1 is 1.23 bits per heavy atom. The molecule has 1 aromatic carbocycles. The molecule has 120 valence electrons. The lowest BCUT2D eigenvalue weighted by Gasteiger charge is -2.36. The highest BCUT2D eigenvalue weighted by Crippen LogP contribution is 2.45. The summed E-state index contributed by atoms with van der Waals surface area (Å²) in [6.07, 6.45) is 5.97. The number of benzene rings is 1. The van der Waals surface area contributed by atoms with Crippen molar-refractivity contribution in [3.63, 3.8) is 0 Å². The summed E-state index contributed by atoms with van der Waals surface area (Å²) in [7, 11) is 0. The second-order valence-electron chi connectivity index (χ2n) is 6.84. The van der Waals surface area contributed by atoms with Gasteiger partial charge in [0.15, 0.2) is 0 Å². The summed E-state index contributed by atoms with van der Waals surface area (Å²) in [5.74, 6) is 1.77. The van der Waals surface area contributed by atoms with Crippen molar-refractivity contribution in [1.82, 2.24) is 4.90 Å². The molecule has 0 unspecified atom stereocenters. The zero-order chi connectivity index (χ0) is 15.4. The van der Waals surface area contributed by atoms with Gasteiger partial charge in [0.25, 0.3) is 0 Å². The Morgan fingerprint density at radius 2 is 1.95 bits per heavy atom. The first-order valence-corrected chi connectivity index (χ1v) is 8.90. The van der Waals surface area contributed by atoms with E-state index in [1.54, 1.807) is 0 Å². The van der Waals surface area contributed by atoms with E-state index in [1.807, 2.05) is 35.2 Å². The van der Waals surface area contributed by atoms with Crippen molar-refractivity contribution in [2.45, 2.75) is 38.7 Å². The van der Waals surface area contributed by atoms with Crippen LogP contribution >= 0.6 is 12.6 Å². The summed E-state index contributed by atoms with van der Waals surface area (Å²) in [6, 6.07) is 9.87. The van der Waals surface area contributed by atoms with E-state index in [2.05, 4.69) is 12.6 Å². The van der Waals surface area contributed by atoms with Crippen molar-refractivity contribution >= 4 is 18.7 Å². The highest BCUT2D eigenvalue weighted by atomic mass is 32.1. The first-order chi connectivity index (χ1) is 10.7. The zero-order valence-corrected chi connectivity index (χ0v) is 13.9. The fourth-order valence-electron chi connectivity index (χ4n) is 3.78. The molecule has 1 saturated carbocycles. The van der Waals surface area contributed by atoms with Crippen LogP contribution in [0, 0.1) is 11.3 Å². The predicted octanol–water partition coefficient (Wildman–Crippen LogP) is 4.14. The van der Waals surface area contributed by atoms with Crippen LogP contribution in [0.15, 0.2) is 30.3 Å². The smallest absolute Gasteiger partial charge is 0.410 e. The zero-order valence-electron chi connectivity index (χ0n) is 13.0. The lowest BCUT2D eigenvalue weighted by molar-refractivity contribution is 0.0937. The number of nitrogens with zero attached hydrogens (tertiary/aromatic N) is 1. The highest BCUT2D eigenvalue weighted by Gasteiger charge is 2.42. The number of hydrogen-bond donors (Lipinski definition) is 1. The maximum atomic E-state index is 12.3. The second-order valence-corrected chi connectivity index (χ2v) is 7.20. The van der Waals surface area contributed by atoms with Crippen molar-refractivity contribution < 1.29 is 9.53 Å². The quantitative estimate of drug-likeness (QED) is 0.849.